The Balaban J connectivity index is 2.29. The minimum Gasteiger partial charge on any atom is -0.369 e. The van der Waals surface area contributed by atoms with Crippen molar-refractivity contribution in [2.75, 3.05) is 11.9 Å². The van der Waals surface area contributed by atoms with E-state index in [0.29, 0.717) is 21.7 Å². The van der Waals surface area contributed by atoms with Crippen LogP contribution in [0.4, 0.5) is 19.0 Å². The summed E-state index contributed by atoms with van der Waals surface area (Å²) in [5, 5.41) is 3.13. The Labute approximate surface area is 128 Å². The normalized spacial score (nSPS) is 11.5. The number of halogens is 4. The zero-order valence-electron chi connectivity index (χ0n) is 11.2. The molecule has 0 fully saturated rings. The van der Waals surface area contributed by atoms with Gasteiger partial charge in [0.05, 0.1) is 10.0 Å². The summed E-state index contributed by atoms with van der Waals surface area (Å²) in [7, 11) is 0. The smallest absolute Gasteiger partial charge is 0.369 e. The van der Waals surface area contributed by atoms with Gasteiger partial charge in [-0.05, 0) is 34.5 Å². The van der Waals surface area contributed by atoms with Gasteiger partial charge < -0.3 is 5.32 Å². The van der Waals surface area contributed by atoms with Gasteiger partial charge in [-0.3, -0.25) is 0 Å². The van der Waals surface area contributed by atoms with Crippen LogP contribution in [0.3, 0.4) is 0 Å². The van der Waals surface area contributed by atoms with E-state index in [1.54, 1.807) is 6.20 Å². The molecule has 1 aromatic heterocycles. The molecule has 0 amide bonds. The first-order chi connectivity index (χ1) is 9.91. The zero-order valence-corrected chi connectivity index (χ0v) is 12.8. The number of hydrogen-bond acceptors (Lipinski definition) is 3. The summed E-state index contributed by atoms with van der Waals surface area (Å²) in [6, 6.07) is 4.80. The van der Waals surface area contributed by atoms with E-state index in [4.69, 9.17) is 0 Å². The lowest BCUT2D eigenvalue weighted by Gasteiger charge is -2.09. The van der Waals surface area contributed by atoms with E-state index in [1.165, 1.54) is 12.1 Å². The quantitative estimate of drug-likeness (QED) is 0.855. The Morgan fingerprint density at radius 2 is 1.86 bits per heavy atom. The molecule has 0 aliphatic rings. The Morgan fingerprint density at radius 1 is 1.19 bits per heavy atom. The molecule has 2 rings (SSSR count). The van der Waals surface area contributed by atoms with Crippen molar-refractivity contribution in [2.45, 2.75) is 19.5 Å². The van der Waals surface area contributed by atoms with E-state index in [-0.39, 0.29) is 0 Å². The van der Waals surface area contributed by atoms with Crippen molar-refractivity contribution in [3.05, 3.63) is 40.5 Å². The Bertz CT molecular complexity index is 612. The molecule has 7 heteroatoms. The molecule has 0 aliphatic heterocycles. The molecular formula is C14H13BrF3N3. The number of benzene rings is 1. The van der Waals surface area contributed by atoms with E-state index >= 15 is 0 Å². The third kappa shape index (κ3) is 3.93. The molecule has 0 radical (unpaired) electrons. The van der Waals surface area contributed by atoms with Crippen molar-refractivity contribution < 1.29 is 13.2 Å². The number of aromatic nitrogens is 2. The Morgan fingerprint density at radius 3 is 2.43 bits per heavy atom. The van der Waals surface area contributed by atoms with Crippen LogP contribution in [-0.2, 0) is 6.18 Å². The summed E-state index contributed by atoms with van der Waals surface area (Å²) in [6.07, 6.45) is -1.82. The summed E-state index contributed by atoms with van der Waals surface area (Å²) in [5.74, 6) is 1.01. The van der Waals surface area contributed by atoms with Gasteiger partial charge in [-0.25, -0.2) is 9.97 Å². The molecule has 1 N–H and O–H groups in total. The highest BCUT2D eigenvalue weighted by Crippen LogP contribution is 2.31. The van der Waals surface area contributed by atoms with Gasteiger partial charge >= 0.3 is 6.18 Å². The number of alkyl halides is 3. The fourth-order valence-electron chi connectivity index (χ4n) is 1.68. The van der Waals surface area contributed by atoms with Gasteiger partial charge in [0, 0.05) is 18.3 Å². The van der Waals surface area contributed by atoms with Gasteiger partial charge in [0.1, 0.15) is 5.82 Å². The molecule has 1 aromatic carbocycles. The van der Waals surface area contributed by atoms with Gasteiger partial charge in [0.25, 0.3) is 0 Å². The number of hydrogen-bond donors (Lipinski definition) is 1. The van der Waals surface area contributed by atoms with Crippen LogP contribution in [0.25, 0.3) is 11.4 Å². The molecule has 0 saturated carbocycles. The SMILES string of the molecule is CCCNc1nc(-c2ccc(C(F)(F)F)cc2)ncc1Br. The highest BCUT2D eigenvalue weighted by molar-refractivity contribution is 9.10. The van der Waals surface area contributed by atoms with Gasteiger partial charge in [0.2, 0.25) is 0 Å². The van der Waals surface area contributed by atoms with E-state index in [9.17, 15) is 13.2 Å². The second kappa shape index (κ2) is 6.43. The summed E-state index contributed by atoms with van der Waals surface area (Å²) in [6.45, 7) is 2.78. The Hall–Kier alpha value is -1.63. The van der Waals surface area contributed by atoms with Crippen LogP contribution >= 0.6 is 15.9 Å². The van der Waals surface area contributed by atoms with E-state index in [2.05, 4.69) is 31.2 Å². The van der Waals surface area contributed by atoms with Gasteiger partial charge in [-0.2, -0.15) is 13.2 Å². The standard InChI is InChI=1S/C14H13BrF3N3/c1-2-7-19-13-11(15)8-20-12(21-13)9-3-5-10(6-4-9)14(16,17)18/h3-6,8H,2,7H2,1H3,(H,19,20,21). The summed E-state index contributed by atoms with van der Waals surface area (Å²) >= 11 is 3.33. The molecule has 0 atom stereocenters. The zero-order chi connectivity index (χ0) is 15.5. The first-order valence-electron chi connectivity index (χ1n) is 6.36. The van der Waals surface area contributed by atoms with Crippen LogP contribution in [-0.4, -0.2) is 16.5 Å². The fourth-order valence-corrected chi connectivity index (χ4v) is 2.01. The van der Waals surface area contributed by atoms with Crippen LogP contribution in [0, 0.1) is 0 Å². The van der Waals surface area contributed by atoms with Crippen molar-refractivity contribution in [3.8, 4) is 11.4 Å². The molecule has 0 aliphatic carbocycles. The highest BCUT2D eigenvalue weighted by atomic mass is 79.9. The van der Waals surface area contributed by atoms with Crippen LogP contribution in [0.15, 0.2) is 34.9 Å². The lowest BCUT2D eigenvalue weighted by molar-refractivity contribution is -0.137. The molecule has 1 heterocycles. The van der Waals surface area contributed by atoms with Crippen LogP contribution < -0.4 is 5.32 Å². The van der Waals surface area contributed by atoms with Crippen molar-refractivity contribution in [1.82, 2.24) is 9.97 Å². The first kappa shape index (κ1) is 15.8. The maximum Gasteiger partial charge on any atom is 0.416 e. The van der Waals surface area contributed by atoms with Gasteiger partial charge in [-0.15, -0.1) is 0 Å². The highest BCUT2D eigenvalue weighted by Gasteiger charge is 2.30. The van der Waals surface area contributed by atoms with E-state index < -0.39 is 11.7 Å². The number of nitrogens with one attached hydrogen (secondary N) is 1. The first-order valence-corrected chi connectivity index (χ1v) is 7.15. The van der Waals surface area contributed by atoms with E-state index in [1.807, 2.05) is 6.92 Å². The fraction of sp³-hybridized carbons (Fsp3) is 0.286. The second-order valence-electron chi connectivity index (χ2n) is 4.39. The molecule has 0 bridgehead atoms. The second-order valence-corrected chi connectivity index (χ2v) is 5.25. The largest absolute Gasteiger partial charge is 0.416 e. The Kier molecular flexibility index (Phi) is 4.82. The molecule has 0 saturated heterocycles. The number of rotatable bonds is 4. The maximum absolute atomic E-state index is 12.5. The average molecular weight is 360 g/mol. The molecule has 0 spiro atoms. The topological polar surface area (TPSA) is 37.8 Å². The van der Waals surface area contributed by atoms with Crippen LogP contribution in [0.5, 0.6) is 0 Å². The lowest BCUT2D eigenvalue weighted by Crippen LogP contribution is -2.05. The predicted octanol–water partition coefficient (Wildman–Crippen LogP) is 4.75. The third-order valence-corrected chi connectivity index (χ3v) is 3.34. The number of nitrogens with zero attached hydrogens (tertiary/aromatic N) is 2. The number of anilines is 1. The monoisotopic (exact) mass is 359 g/mol. The van der Waals surface area contributed by atoms with Crippen molar-refractivity contribution in [3.63, 3.8) is 0 Å². The van der Waals surface area contributed by atoms with Gasteiger partial charge in [-0.1, -0.05) is 19.1 Å². The van der Waals surface area contributed by atoms with Crippen molar-refractivity contribution >= 4 is 21.7 Å². The molecule has 3 nitrogen and oxygen atoms in total. The summed E-state index contributed by atoms with van der Waals surface area (Å²) < 4.78 is 38.3. The minimum absolute atomic E-state index is 0.380. The lowest BCUT2D eigenvalue weighted by atomic mass is 10.1. The third-order valence-electron chi connectivity index (χ3n) is 2.76. The molecule has 112 valence electrons. The summed E-state index contributed by atoms with van der Waals surface area (Å²) in [5.41, 5.74) is -0.150. The van der Waals surface area contributed by atoms with Crippen LogP contribution in [0.2, 0.25) is 0 Å². The maximum atomic E-state index is 12.5. The molecule has 21 heavy (non-hydrogen) atoms. The predicted molar refractivity (Wildman–Crippen MR) is 79.0 cm³/mol. The van der Waals surface area contributed by atoms with Crippen molar-refractivity contribution in [2.24, 2.45) is 0 Å². The van der Waals surface area contributed by atoms with Crippen molar-refractivity contribution in [1.29, 1.82) is 0 Å². The van der Waals surface area contributed by atoms with Crippen LogP contribution in [0.1, 0.15) is 18.9 Å². The minimum atomic E-state index is -4.34. The molecule has 0 unspecified atom stereocenters. The van der Waals surface area contributed by atoms with Gasteiger partial charge in [0.15, 0.2) is 5.82 Å². The average Bonchev–Trinajstić information content (AvgIpc) is 2.46. The summed E-state index contributed by atoms with van der Waals surface area (Å²) in [4.78, 5) is 8.45. The molecular weight excluding hydrogens is 347 g/mol. The molecule has 2 aromatic rings. The van der Waals surface area contributed by atoms with E-state index in [0.717, 1.165) is 25.1 Å².